The number of rotatable bonds is 1. The van der Waals surface area contributed by atoms with Gasteiger partial charge in [0.2, 0.25) is 0 Å². The first-order chi connectivity index (χ1) is 4.83. The summed E-state index contributed by atoms with van der Waals surface area (Å²) in [5.41, 5.74) is 5.92. The summed E-state index contributed by atoms with van der Waals surface area (Å²) in [6, 6.07) is 1.80. The summed E-state index contributed by atoms with van der Waals surface area (Å²) in [4.78, 5) is 11.5. The molecule has 0 fully saturated rings. The Morgan fingerprint density at radius 3 is 3.10 bits per heavy atom. The summed E-state index contributed by atoms with van der Waals surface area (Å²) in [6.07, 6.45) is 2.82. The molecule has 0 atom stereocenters. The second-order valence-corrected chi connectivity index (χ2v) is 1.78. The van der Waals surface area contributed by atoms with Gasteiger partial charge in [0.05, 0.1) is 6.34 Å². The molecule has 1 heterocycles. The van der Waals surface area contributed by atoms with E-state index in [9.17, 15) is 0 Å². The van der Waals surface area contributed by atoms with Crippen LogP contribution < -0.4 is 5.73 Å². The van der Waals surface area contributed by atoms with E-state index in [1.807, 2.05) is 6.92 Å². The van der Waals surface area contributed by atoms with Crippen molar-refractivity contribution in [3.05, 3.63) is 18.0 Å². The molecule has 4 nitrogen and oxygen atoms in total. The Bertz CT molecular complexity index is 243. The molecule has 4 heteroatoms. The molecular weight excluding hydrogens is 128 g/mol. The number of nitrogens with zero attached hydrogens (tertiary/aromatic N) is 3. The van der Waals surface area contributed by atoms with Crippen LogP contribution >= 0.6 is 0 Å². The van der Waals surface area contributed by atoms with Crippen molar-refractivity contribution in [2.75, 3.05) is 0 Å². The van der Waals surface area contributed by atoms with Crippen LogP contribution in [0.4, 0.5) is 5.95 Å². The van der Waals surface area contributed by atoms with Crippen LogP contribution in [0.1, 0.15) is 5.69 Å². The van der Waals surface area contributed by atoms with Crippen molar-refractivity contribution < 1.29 is 0 Å². The zero-order chi connectivity index (χ0) is 7.40. The zero-order valence-electron chi connectivity index (χ0n) is 5.65. The Labute approximate surface area is 58.8 Å². The number of aliphatic imine (C=N–C) groups is 1. The number of aryl methyl sites for hydroxylation is 1. The fourth-order valence-corrected chi connectivity index (χ4v) is 0.565. The van der Waals surface area contributed by atoms with E-state index in [0.29, 0.717) is 5.95 Å². The topological polar surface area (TPSA) is 64.2 Å². The largest absolute Gasteiger partial charge is 0.390 e. The normalized spacial score (nSPS) is 10.5. The highest BCUT2D eigenvalue weighted by Crippen LogP contribution is 2.00. The first-order valence-corrected chi connectivity index (χ1v) is 2.87. The van der Waals surface area contributed by atoms with Crippen molar-refractivity contribution in [1.29, 1.82) is 0 Å². The second-order valence-electron chi connectivity index (χ2n) is 1.78. The van der Waals surface area contributed by atoms with Crippen LogP contribution in [0.25, 0.3) is 0 Å². The summed E-state index contributed by atoms with van der Waals surface area (Å²) in [5.74, 6) is 0.405. The lowest BCUT2D eigenvalue weighted by Crippen LogP contribution is -1.89. The van der Waals surface area contributed by atoms with Gasteiger partial charge in [-0.3, -0.25) is 0 Å². The molecule has 0 saturated heterocycles. The zero-order valence-corrected chi connectivity index (χ0v) is 5.65. The number of hydrogen-bond acceptors (Lipinski definition) is 3. The first kappa shape index (κ1) is 6.67. The highest BCUT2D eigenvalue weighted by Gasteiger charge is 1.88. The van der Waals surface area contributed by atoms with Crippen LogP contribution in [-0.2, 0) is 0 Å². The molecule has 1 aromatic heterocycles. The minimum Gasteiger partial charge on any atom is -0.390 e. The third-order valence-corrected chi connectivity index (χ3v) is 0.972. The lowest BCUT2D eigenvalue weighted by atomic mass is 10.5. The molecule has 10 heavy (non-hydrogen) atoms. The summed E-state index contributed by atoms with van der Waals surface area (Å²) >= 11 is 0. The Morgan fingerprint density at radius 2 is 2.50 bits per heavy atom. The number of hydrogen-bond donors (Lipinski definition) is 1. The molecule has 0 bridgehead atoms. The quantitative estimate of drug-likeness (QED) is 0.449. The number of aromatic nitrogens is 2. The van der Waals surface area contributed by atoms with Crippen molar-refractivity contribution in [3.8, 4) is 0 Å². The van der Waals surface area contributed by atoms with Crippen LogP contribution in [-0.4, -0.2) is 16.3 Å². The molecule has 1 rings (SSSR count). The fraction of sp³-hybridized carbons (Fsp3) is 0.167. The molecule has 0 aliphatic rings. The second kappa shape index (κ2) is 2.91. The van der Waals surface area contributed by atoms with Gasteiger partial charge in [-0.25, -0.2) is 15.0 Å². The Morgan fingerprint density at radius 1 is 1.70 bits per heavy atom. The molecule has 0 radical (unpaired) electrons. The monoisotopic (exact) mass is 136 g/mol. The van der Waals surface area contributed by atoms with Crippen molar-refractivity contribution >= 4 is 12.3 Å². The van der Waals surface area contributed by atoms with E-state index in [4.69, 9.17) is 5.73 Å². The van der Waals surface area contributed by atoms with Crippen molar-refractivity contribution in [2.24, 2.45) is 10.7 Å². The lowest BCUT2D eigenvalue weighted by molar-refractivity contribution is 1.08. The molecule has 2 N–H and O–H groups in total. The van der Waals surface area contributed by atoms with Gasteiger partial charge in [-0.05, 0) is 13.0 Å². The maximum Gasteiger partial charge on any atom is 0.250 e. The van der Waals surface area contributed by atoms with E-state index in [1.165, 1.54) is 6.34 Å². The SMILES string of the molecule is Cc1ccnc(N=CN)n1. The minimum absolute atomic E-state index is 0.405. The fourth-order valence-electron chi connectivity index (χ4n) is 0.565. The summed E-state index contributed by atoms with van der Waals surface area (Å²) in [6.45, 7) is 1.87. The third-order valence-electron chi connectivity index (χ3n) is 0.972. The Balaban J connectivity index is 2.95. The van der Waals surface area contributed by atoms with Gasteiger partial charge in [0.15, 0.2) is 0 Å². The standard InChI is InChI=1S/C6H8N4/c1-5-2-3-8-6(10-5)9-4-7/h2-4H,1H3,(H2,7,8,9,10). The van der Waals surface area contributed by atoms with Crippen molar-refractivity contribution in [3.63, 3.8) is 0 Å². The van der Waals surface area contributed by atoms with Gasteiger partial charge in [0.1, 0.15) is 0 Å². The van der Waals surface area contributed by atoms with E-state index in [0.717, 1.165) is 5.69 Å². The number of nitrogens with two attached hydrogens (primary N) is 1. The van der Waals surface area contributed by atoms with Crippen LogP contribution in [0.15, 0.2) is 17.3 Å². The van der Waals surface area contributed by atoms with Gasteiger partial charge < -0.3 is 5.73 Å². The maximum atomic E-state index is 5.04. The molecule has 52 valence electrons. The van der Waals surface area contributed by atoms with E-state index in [1.54, 1.807) is 12.3 Å². The van der Waals surface area contributed by atoms with Crippen molar-refractivity contribution in [2.45, 2.75) is 6.92 Å². The molecule has 0 spiro atoms. The highest BCUT2D eigenvalue weighted by atomic mass is 15.0. The Kier molecular flexibility index (Phi) is 1.94. The van der Waals surface area contributed by atoms with Gasteiger partial charge in [-0.15, -0.1) is 0 Å². The van der Waals surface area contributed by atoms with Crippen LogP contribution in [0, 0.1) is 6.92 Å². The smallest absolute Gasteiger partial charge is 0.250 e. The third kappa shape index (κ3) is 1.51. The molecule has 0 saturated carbocycles. The molecule has 0 aliphatic carbocycles. The predicted octanol–water partition coefficient (Wildman–Crippen LogP) is 0.404. The molecule has 0 aliphatic heterocycles. The Hall–Kier alpha value is -1.45. The van der Waals surface area contributed by atoms with Gasteiger partial charge in [0, 0.05) is 11.9 Å². The van der Waals surface area contributed by atoms with E-state index >= 15 is 0 Å². The van der Waals surface area contributed by atoms with Crippen LogP contribution in [0.3, 0.4) is 0 Å². The summed E-state index contributed by atoms with van der Waals surface area (Å²) in [5, 5.41) is 0. The van der Waals surface area contributed by atoms with Gasteiger partial charge in [0.25, 0.3) is 5.95 Å². The molecule has 1 aromatic rings. The minimum atomic E-state index is 0.405. The lowest BCUT2D eigenvalue weighted by Gasteiger charge is -1.90. The maximum absolute atomic E-state index is 5.04. The van der Waals surface area contributed by atoms with Crippen molar-refractivity contribution in [1.82, 2.24) is 9.97 Å². The molecular formula is C6H8N4. The van der Waals surface area contributed by atoms with E-state index in [2.05, 4.69) is 15.0 Å². The van der Waals surface area contributed by atoms with E-state index < -0.39 is 0 Å². The molecule has 0 amide bonds. The van der Waals surface area contributed by atoms with Gasteiger partial charge in [-0.2, -0.15) is 0 Å². The summed E-state index contributed by atoms with van der Waals surface area (Å²) < 4.78 is 0. The average Bonchev–Trinajstić information content (AvgIpc) is 1.88. The molecule has 0 aromatic carbocycles. The average molecular weight is 136 g/mol. The van der Waals surface area contributed by atoms with Gasteiger partial charge in [-0.1, -0.05) is 0 Å². The van der Waals surface area contributed by atoms with Crippen LogP contribution in [0.2, 0.25) is 0 Å². The van der Waals surface area contributed by atoms with Crippen LogP contribution in [0.5, 0.6) is 0 Å². The highest BCUT2D eigenvalue weighted by molar-refractivity contribution is 5.55. The predicted molar refractivity (Wildman–Crippen MR) is 39.1 cm³/mol. The first-order valence-electron chi connectivity index (χ1n) is 2.87. The van der Waals surface area contributed by atoms with E-state index in [-0.39, 0.29) is 0 Å². The molecule has 0 unspecified atom stereocenters. The van der Waals surface area contributed by atoms with Gasteiger partial charge >= 0.3 is 0 Å². The summed E-state index contributed by atoms with van der Waals surface area (Å²) in [7, 11) is 0.